The van der Waals surface area contributed by atoms with Gasteiger partial charge in [-0.05, 0) is 0 Å². The zero-order valence-corrected chi connectivity index (χ0v) is 14.8. The van der Waals surface area contributed by atoms with Crippen molar-refractivity contribution in [3.05, 3.63) is 0 Å². The Hall–Kier alpha value is 2.53. The molecule has 4 N–H and O–H groups in total. The third-order valence-corrected chi connectivity index (χ3v) is 0.514. The fourth-order valence-electron chi connectivity index (χ4n) is 0.0781. The number of carboxylic acid groups (broad SMARTS) is 1. The number of nitrogens with two attached hydrogens (primary N) is 1. The van der Waals surface area contributed by atoms with Crippen molar-refractivity contribution in [2.24, 2.45) is 5.73 Å². The molecule has 0 heterocycles. The van der Waals surface area contributed by atoms with Crippen LogP contribution >= 0.6 is 0 Å². The summed E-state index contributed by atoms with van der Waals surface area (Å²) in [4.78, 5) is 9.65. The first kappa shape index (κ1) is 25.4. The van der Waals surface area contributed by atoms with E-state index >= 15 is 0 Å². The molecule has 74 valence electrons. The number of aliphatic hydroxyl groups excluding tert-OH is 1. The Bertz CT molecular complexity index is 221. The van der Waals surface area contributed by atoms with Gasteiger partial charge in [0.05, 0.1) is 6.61 Å². The van der Waals surface area contributed by atoms with Crippen molar-refractivity contribution in [3.63, 3.8) is 0 Å². The molecule has 0 aromatic rings. The van der Waals surface area contributed by atoms with Crippen molar-refractivity contribution in [2.75, 3.05) is 6.61 Å². The molecule has 0 aromatic heterocycles. The second-order valence-electron chi connectivity index (χ2n) is 1.54. The van der Waals surface area contributed by atoms with Crippen LogP contribution in [0.15, 0.2) is 0 Å². The van der Waals surface area contributed by atoms with Crippen LogP contribution in [0.25, 0.3) is 0 Å². The quantitative estimate of drug-likeness (QED) is 0.255. The van der Waals surface area contributed by atoms with Crippen molar-refractivity contribution in [1.82, 2.24) is 0 Å². The van der Waals surface area contributed by atoms with Crippen LogP contribution in [-0.2, 0) is 15.2 Å². The number of hydrogen-bond acceptors (Lipinski definition) is 7. The van der Waals surface area contributed by atoms with Crippen LogP contribution in [0.2, 0.25) is 0 Å². The summed E-state index contributed by atoms with van der Waals surface area (Å²) in [5.74, 6) is -1.18. The van der Waals surface area contributed by atoms with E-state index in [1.807, 2.05) is 0 Å². The van der Waals surface area contributed by atoms with Gasteiger partial charge in [0, 0.05) is 10.4 Å². The molecular formula is C3H7K2NO7S. The van der Waals surface area contributed by atoms with E-state index in [0.29, 0.717) is 0 Å². The fraction of sp³-hybridized carbons (Fsp3) is 0.667. The van der Waals surface area contributed by atoms with Crippen LogP contribution in [0.4, 0.5) is 0 Å². The van der Waals surface area contributed by atoms with E-state index in [2.05, 4.69) is 0 Å². The Morgan fingerprint density at radius 2 is 1.57 bits per heavy atom. The molecule has 0 aliphatic heterocycles. The van der Waals surface area contributed by atoms with E-state index in [4.69, 9.17) is 33.5 Å². The smallest absolute Gasteiger partial charge is 0.759 e. The molecule has 14 heavy (non-hydrogen) atoms. The number of aliphatic hydroxyl groups is 1. The molecule has 1 atom stereocenters. The minimum Gasteiger partial charge on any atom is -0.759 e. The third kappa shape index (κ3) is 36.6. The van der Waals surface area contributed by atoms with Crippen molar-refractivity contribution < 1.29 is 135 Å². The maximum Gasteiger partial charge on any atom is 1.00 e. The largest absolute Gasteiger partial charge is 1.00 e. The summed E-state index contributed by atoms with van der Waals surface area (Å²) >= 11 is 0. The first-order valence-electron chi connectivity index (χ1n) is 2.44. The number of rotatable bonds is 2. The maximum absolute atomic E-state index is 9.65. The molecule has 11 heteroatoms. The van der Waals surface area contributed by atoms with Gasteiger partial charge in [0.25, 0.3) is 0 Å². The average molecular weight is 279 g/mol. The molecule has 8 nitrogen and oxygen atoms in total. The summed E-state index contributed by atoms with van der Waals surface area (Å²) in [6.07, 6.45) is 0. The first-order chi connectivity index (χ1) is 5.18. The van der Waals surface area contributed by atoms with Gasteiger partial charge in [0.15, 0.2) is 0 Å². The minimum atomic E-state index is -5.17. The molecule has 0 saturated heterocycles. The van der Waals surface area contributed by atoms with E-state index in [0.717, 1.165) is 0 Å². The van der Waals surface area contributed by atoms with Gasteiger partial charge in [-0.3, -0.25) is 13.2 Å². The summed E-state index contributed by atoms with van der Waals surface area (Å²) < 4.78 is 34.1. The molecule has 0 aliphatic carbocycles. The van der Waals surface area contributed by atoms with Gasteiger partial charge in [-0.15, -0.1) is 0 Å². The predicted molar refractivity (Wildman–Crippen MR) is 33.2 cm³/mol. The SMILES string of the molecule is N[C@@H](CO)C(=O)O.O=S(=O)([O-])[O-].[K+].[K+]. The summed E-state index contributed by atoms with van der Waals surface area (Å²) in [5, 5.41) is 15.9. The molecule has 0 spiro atoms. The monoisotopic (exact) mass is 279 g/mol. The molecule has 0 saturated carbocycles. The van der Waals surface area contributed by atoms with Gasteiger partial charge < -0.3 is 25.1 Å². The summed E-state index contributed by atoms with van der Waals surface area (Å²) in [5.41, 5.74) is 4.77. The predicted octanol–water partition coefficient (Wildman–Crippen LogP) is -8.94. The second-order valence-corrected chi connectivity index (χ2v) is 2.35. The minimum absolute atomic E-state index is 0. The van der Waals surface area contributed by atoms with E-state index < -0.39 is 29.0 Å². The molecule has 0 unspecified atom stereocenters. The van der Waals surface area contributed by atoms with Crippen molar-refractivity contribution >= 4 is 16.4 Å². The molecule has 0 rings (SSSR count). The van der Waals surface area contributed by atoms with Gasteiger partial charge in [-0.2, -0.15) is 0 Å². The van der Waals surface area contributed by atoms with E-state index in [-0.39, 0.29) is 103 Å². The third-order valence-electron chi connectivity index (χ3n) is 0.514. The van der Waals surface area contributed by atoms with Crippen LogP contribution in [-0.4, -0.2) is 46.4 Å². The maximum atomic E-state index is 9.65. The van der Waals surface area contributed by atoms with Gasteiger partial charge >= 0.3 is 109 Å². The number of carboxylic acids is 1. The zero-order chi connectivity index (χ0) is 10.4. The summed E-state index contributed by atoms with van der Waals surface area (Å²) in [7, 11) is -5.17. The van der Waals surface area contributed by atoms with Crippen molar-refractivity contribution in [1.29, 1.82) is 0 Å². The van der Waals surface area contributed by atoms with Crippen LogP contribution in [0, 0.1) is 0 Å². The molecule has 0 aliphatic rings. The van der Waals surface area contributed by atoms with Gasteiger partial charge in [-0.1, -0.05) is 0 Å². The van der Waals surface area contributed by atoms with E-state index in [1.165, 1.54) is 0 Å². The number of carbonyl (C=O) groups is 1. The zero-order valence-electron chi connectivity index (χ0n) is 7.71. The van der Waals surface area contributed by atoms with Crippen LogP contribution < -0.4 is 109 Å². The topological polar surface area (TPSA) is 164 Å². The second kappa shape index (κ2) is 13.6. The van der Waals surface area contributed by atoms with Crippen LogP contribution in [0.5, 0.6) is 0 Å². The Labute approximate surface area is 166 Å². The van der Waals surface area contributed by atoms with Crippen molar-refractivity contribution in [2.45, 2.75) is 6.04 Å². The first-order valence-corrected chi connectivity index (χ1v) is 3.77. The Morgan fingerprint density at radius 1 is 1.36 bits per heavy atom. The standard InChI is InChI=1S/C3H7NO3.2K.H2O4S/c4-2(1-5)3(6)7;;;1-5(2,3)4/h2,5H,1,4H2,(H,6,7);;;(H2,1,2,3,4)/q;2*+1;/p-2/t2-;;;/m0.../s1. The van der Waals surface area contributed by atoms with Crippen LogP contribution in [0.1, 0.15) is 0 Å². The Balaban J connectivity index is -0.0000000651. The molecule has 0 aromatic carbocycles. The molecule has 0 bridgehead atoms. The summed E-state index contributed by atoms with van der Waals surface area (Å²) in [6, 6.07) is -1.13. The normalized spacial score (nSPS) is 10.9. The van der Waals surface area contributed by atoms with Gasteiger partial charge in [-0.25, -0.2) is 0 Å². The number of aliphatic carboxylic acids is 1. The molecule has 0 radical (unpaired) electrons. The molecule has 0 amide bonds. The Kier molecular flexibility index (Phi) is 24.7. The Morgan fingerprint density at radius 3 is 1.57 bits per heavy atom. The average Bonchev–Trinajstić information content (AvgIpc) is 1.82. The molecular weight excluding hydrogens is 272 g/mol. The van der Waals surface area contributed by atoms with Crippen LogP contribution in [0.3, 0.4) is 0 Å². The van der Waals surface area contributed by atoms with Gasteiger partial charge in [0.1, 0.15) is 6.04 Å². The van der Waals surface area contributed by atoms with E-state index in [9.17, 15) is 4.79 Å². The molecule has 0 fully saturated rings. The van der Waals surface area contributed by atoms with Crippen molar-refractivity contribution in [3.8, 4) is 0 Å². The fourth-order valence-corrected chi connectivity index (χ4v) is 0.0781. The number of hydrogen-bond donors (Lipinski definition) is 3. The van der Waals surface area contributed by atoms with E-state index in [1.54, 1.807) is 0 Å². The summed E-state index contributed by atoms with van der Waals surface area (Å²) in [6.45, 7) is -0.505. The van der Waals surface area contributed by atoms with Gasteiger partial charge in [0.2, 0.25) is 0 Å².